The highest BCUT2D eigenvalue weighted by Crippen LogP contribution is 2.30. The van der Waals surface area contributed by atoms with Crippen molar-refractivity contribution < 1.29 is 9.53 Å². The molecule has 1 N–H and O–H groups in total. The maximum atomic E-state index is 11.2. The van der Waals surface area contributed by atoms with Crippen molar-refractivity contribution >= 4 is 45.0 Å². The van der Waals surface area contributed by atoms with Gasteiger partial charge in [-0.1, -0.05) is 11.6 Å². The van der Waals surface area contributed by atoms with Gasteiger partial charge in [-0.15, -0.1) is 0 Å². The van der Waals surface area contributed by atoms with E-state index in [4.69, 9.17) is 11.6 Å². The second-order valence-electron chi connectivity index (χ2n) is 3.98. The molecule has 5 nitrogen and oxygen atoms in total. The number of rotatable bonds is 3. The molecule has 0 radical (unpaired) electrons. The Morgan fingerprint density at radius 2 is 2.10 bits per heavy atom. The molecule has 0 fully saturated rings. The topological polar surface area (TPSA) is 64.1 Å². The van der Waals surface area contributed by atoms with Crippen LogP contribution >= 0.6 is 27.5 Å². The van der Waals surface area contributed by atoms with Crippen LogP contribution in [0.2, 0.25) is 5.02 Å². The number of carbonyl (C=O) groups excluding carboxylic acids is 1. The summed E-state index contributed by atoms with van der Waals surface area (Å²) in [6.07, 6.45) is 2.80. The molecule has 7 heteroatoms. The second-order valence-corrected chi connectivity index (χ2v) is 5.25. The summed E-state index contributed by atoms with van der Waals surface area (Å²) in [6.45, 7) is 1.92. The first kappa shape index (κ1) is 14.7. The van der Waals surface area contributed by atoms with Crippen LogP contribution in [-0.2, 0) is 4.74 Å². The normalized spacial score (nSPS) is 10.2. The summed E-state index contributed by atoms with van der Waals surface area (Å²) in [5, 5.41) is 3.72. The molecule has 0 atom stereocenters. The van der Waals surface area contributed by atoms with Crippen molar-refractivity contribution in [1.29, 1.82) is 0 Å². The Kier molecular flexibility index (Phi) is 4.57. The second kappa shape index (κ2) is 6.19. The first-order valence-electron chi connectivity index (χ1n) is 5.64. The number of anilines is 2. The Morgan fingerprint density at radius 3 is 2.70 bits per heavy atom. The highest BCUT2D eigenvalue weighted by atomic mass is 79.9. The quantitative estimate of drug-likeness (QED) is 0.849. The number of nitrogens with one attached hydrogen (secondary N) is 1. The van der Waals surface area contributed by atoms with Gasteiger partial charge in [0.1, 0.15) is 5.82 Å². The lowest BCUT2D eigenvalue weighted by molar-refractivity contribution is 0.0593. The average molecular weight is 357 g/mol. The third-order valence-electron chi connectivity index (χ3n) is 2.56. The Morgan fingerprint density at radius 1 is 1.35 bits per heavy atom. The zero-order valence-electron chi connectivity index (χ0n) is 10.8. The molecule has 1 aromatic carbocycles. The van der Waals surface area contributed by atoms with Gasteiger partial charge < -0.3 is 10.1 Å². The third-order valence-corrected chi connectivity index (χ3v) is 3.62. The molecule has 1 aromatic heterocycles. The molecule has 0 aliphatic rings. The van der Waals surface area contributed by atoms with Gasteiger partial charge >= 0.3 is 5.97 Å². The van der Waals surface area contributed by atoms with Gasteiger partial charge in [-0.3, -0.25) is 0 Å². The fourth-order valence-corrected chi connectivity index (χ4v) is 2.20. The zero-order chi connectivity index (χ0) is 14.7. The maximum Gasteiger partial charge on any atom is 0.358 e. The molecule has 0 saturated carbocycles. The lowest BCUT2D eigenvalue weighted by atomic mass is 10.2. The molecule has 0 saturated heterocycles. The molecule has 2 rings (SSSR count). The number of hydrogen-bond donors (Lipinski definition) is 1. The number of hydrogen-bond acceptors (Lipinski definition) is 5. The predicted molar refractivity (Wildman–Crippen MR) is 80.5 cm³/mol. The zero-order valence-corrected chi connectivity index (χ0v) is 13.1. The maximum absolute atomic E-state index is 11.2. The minimum atomic E-state index is -0.524. The molecule has 0 aliphatic carbocycles. The van der Waals surface area contributed by atoms with Gasteiger partial charge in [0.25, 0.3) is 0 Å². The smallest absolute Gasteiger partial charge is 0.358 e. The Hall–Kier alpha value is -1.66. The van der Waals surface area contributed by atoms with Crippen molar-refractivity contribution in [2.75, 3.05) is 12.4 Å². The number of ether oxygens (including phenoxy) is 1. The van der Waals surface area contributed by atoms with Crippen molar-refractivity contribution in [3.05, 3.63) is 45.3 Å². The number of nitrogens with zero attached hydrogens (tertiary/aromatic N) is 2. The molecule has 0 aliphatic heterocycles. The Balaban J connectivity index is 2.22. The van der Waals surface area contributed by atoms with Crippen LogP contribution in [0.1, 0.15) is 16.1 Å². The van der Waals surface area contributed by atoms with E-state index in [2.05, 4.69) is 36.0 Å². The molecule has 104 valence electrons. The number of carbonyl (C=O) groups is 1. The van der Waals surface area contributed by atoms with Crippen molar-refractivity contribution in [3.63, 3.8) is 0 Å². The van der Waals surface area contributed by atoms with Gasteiger partial charge in [-0.05, 0) is 40.5 Å². The van der Waals surface area contributed by atoms with E-state index in [9.17, 15) is 4.79 Å². The van der Waals surface area contributed by atoms with Crippen LogP contribution < -0.4 is 5.32 Å². The molecule has 0 unspecified atom stereocenters. The van der Waals surface area contributed by atoms with Crippen molar-refractivity contribution in [2.45, 2.75) is 6.92 Å². The van der Waals surface area contributed by atoms with Crippen molar-refractivity contribution in [1.82, 2.24) is 9.97 Å². The fraction of sp³-hybridized carbons (Fsp3) is 0.154. The monoisotopic (exact) mass is 355 g/mol. The Bertz CT molecular complexity index is 647. The number of aryl methyl sites for hydroxylation is 1. The summed E-state index contributed by atoms with van der Waals surface area (Å²) in [6, 6.07) is 3.69. The number of methoxy groups -OCH3 is 1. The number of esters is 1. The van der Waals surface area contributed by atoms with E-state index in [0.717, 1.165) is 15.7 Å². The number of benzene rings is 1. The van der Waals surface area contributed by atoms with Gasteiger partial charge in [0.15, 0.2) is 5.69 Å². The molecular weight excluding hydrogens is 346 g/mol. The minimum absolute atomic E-state index is 0.152. The molecule has 1 heterocycles. The summed E-state index contributed by atoms with van der Waals surface area (Å²) >= 11 is 9.52. The average Bonchev–Trinajstić information content (AvgIpc) is 2.44. The van der Waals surface area contributed by atoms with Crippen LogP contribution in [0.5, 0.6) is 0 Å². The van der Waals surface area contributed by atoms with Crippen molar-refractivity contribution in [2.24, 2.45) is 0 Å². The lowest BCUT2D eigenvalue weighted by Crippen LogP contribution is -2.05. The third kappa shape index (κ3) is 3.26. The largest absolute Gasteiger partial charge is 0.464 e. The van der Waals surface area contributed by atoms with E-state index < -0.39 is 5.97 Å². The van der Waals surface area contributed by atoms with Gasteiger partial charge in [-0.2, -0.15) is 0 Å². The summed E-state index contributed by atoms with van der Waals surface area (Å²) in [4.78, 5) is 19.3. The number of aromatic nitrogens is 2. The molecule has 0 bridgehead atoms. The first-order chi connectivity index (χ1) is 9.51. The van der Waals surface area contributed by atoms with Crippen LogP contribution in [0, 0.1) is 6.92 Å². The van der Waals surface area contributed by atoms with Gasteiger partial charge in [0.05, 0.1) is 25.2 Å². The van der Waals surface area contributed by atoms with Crippen molar-refractivity contribution in [3.8, 4) is 0 Å². The predicted octanol–water partition coefficient (Wildman–Crippen LogP) is 3.73. The summed E-state index contributed by atoms with van der Waals surface area (Å²) in [5.74, 6) is -0.0260. The molecule has 20 heavy (non-hydrogen) atoms. The molecule has 0 spiro atoms. The van der Waals surface area contributed by atoms with Gasteiger partial charge in [-0.25, -0.2) is 14.8 Å². The van der Waals surface area contributed by atoms with E-state index in [1.54, 1.807) is 6.07 Å². The van der Waals surface area contributed by atoms with Crippen LogP contribution in [0.4, 0.5) is 11.5 Å². The summed E-state index contributed by atoms with van der Waals surface area (Å²) < 4.78 is 5.42. The number of halogens is 2. The van der Waals surface area contributed by atoms with Crippen LogP contribution in [0.15, 0.2) is 29.0 Å². The first-order valence-corrected chi connectivity index (χ1v) is 6.81. The van der Waals surface area contributed by atoms with Crippen LogP contribution in [0.3, 0.4) is 0 Å². The lowest BCUT2D eigenvalue weighted by Gasteiger charge is -2.09. The van der Waals surface area contributed by atoms with E-state index in [1.807, 2.05) is 13.0 Å². The van der Waals surface area contributed by atoms with E-state index in [1.165, 1.54) is 19.5 Å². The summed E-state index contributed by atoms with van der Waals surface area (Å²) in [7, 11) is 1.29. The SMILES string of the molecule is COC(=O)c1cnc(Nc2cc(Cl)c(C)cc2Br)cn1. The minimum Gasteiger partial charge on any atom is -0.464 e. The van der Waals surface area contributed by atoms with Gasteiger partial charge in [0, 0.05) is 9.50 Å². The highest BCUT2D eigenvalue weighted by molar-refractivity contribution is 9.10. The fourth-order valence-electron chi connectivity index (χ4n) is 1.48. The van der Waals surface area contributed by atoms with Gasteiger partial charge in [0.2, 0.25) is 0 Å². The summed E-state index contributed by atoms with van der Waals surface area (Å²) in [5.41, 5.74) is 1.89. The van der Waals surface area contributed by atoms with E-state index in [0.29, 0.717) is 10.8 Å². The standard InChI is InChI=1S/C13H11BrClN3O2/c1-7-3-8(14)10(4-9(7)15)18-12-6-16-11(5-17-12)13(19)20-2/h3-6H,1-2H3,(H,17,18). The van der Waals surface area contributed by atoms with Crippen LogP contribution in [-0.4, -0.2) is 23.0 Å². The molecule has 0 amide bonds. The highest BCUT2D eigenvalue weighted by Gasteiger charge is 2.09. The van der Waals surface area contributed by atoms with E-state index in [-0.39, 0.29) is 5.69 Å². The van der Waals surface area contributed by atoms with E-state index >= 15 is 0 Å². The molecular formula is C13H11BrClN3O2. The molecule has 2 aromatic rings. The van der Waals surface area contributed by atoms with Crippen LogP contribution in [0.25, 0.3) is 0 Å². The Labute approximate surface area is 129 Å².